The number of hydrogen-bond acceptors (Lipinski definition) is 3. The molecule has 0 aliphatic heterocycles. The molecule has 1 aliphatic carbocycles. The second-order valence-electron chi connectivity index (χ2n) is 7.29. The van der Waals surface area contributed by atoms with Crippen LogP contribution in [0.5, 0.6) is 0 Å². The SMILES string of the molecule is CC(N(C)CC1(O)CCC(C(=O)O)CC1)C(C)(C)C. The van der Waals surface area contributed by atoms with Gasteiger partial charge in [-0.2, -0.15) is 0 Å². The minimum Gasteiger partial charge on any atom is -0.481 e. The van der Waals surface area contributed by atoms with Crippen LogP contribution in [0.25, 0.3) is 0 Å². The molecule has 0 aromatic rings. The number of carboxylic acid groups (broad SMARTS) is 1. The highest BCUT2D eigenvalue weighted by atomic mass is 16.4. The Kier molecular flexibility index (Phi) is 5.02. The fourth-order valence-electron chi connectivity index (χ4n) is 2.82. The van der Waals surface area contributed by atoms with Crippen molar-refractivity contribution < 1.29 is 15.0 Å². The van der Waals surface area contributed by atoms with Crippen LogP contribution in [0.15, 0.2) is 0 Å². The van der Waals surface area contributed by atoms with Gasteiger partial charge in [-0.1, -0.05) is 20.8 Å². The molecule has 19 heavy (non-hydrogen) atoms. The monoisotopic (exact) mass is 271 g/mol. The number of aliphatic hydroxyl groups is 1. The molecule has 1 saturated carbocycles. The highest BCUT2D eigenvalue weighted by Gasteiger charge is 2.38. The molecule has 0 saturated heterocycles. The third-order valence-corrected chi connectivity index (χ3v) is 4.72. The molecule has 0 amide bonds. The van der Waals surface area contributed by atoms with Crippen molar-refractivity contribution in [2.45, 2.75) is 65.0 Å². The van der Waals surface area contributed by atoms with Crippen molar-refractivity contribution in [3.05, 3.63) is 0 Å². The van der Waals surface area contributed by atoms with Crippen LogP contribution < -0.4 is 0 Å². The van der Waals surface area contributed by atoms with Gasteiger partial charge in [0.1, 0.15) is 0 Å². The zero-order valence-corrected chi connectivity index (χ0v) is 12.9. The summed E-state index contributed by atoms with van der Waals surface area (Å²) < 4.78 is 0. The van der Waals surface area contributed by atoms with E-state index in [4.69, 9.17) is 5.11 Å². The second-order valence-corrected chi connectivity index (χ2v) is 7.29. The summed E-state index contributed by atoms with van der Waals surface area (Å²) in [6, 6.07) is 0.369. The molecule has 1 aliphatic rings. The molecule has 1 rings (SSSR count). The molecule has 2 N–H and O–H groups in total. The molecular weight excluding hydrogens is 242 g/mol. The summed E-state index contributed by atoms with van der Waals surface area (Å²) in [7, 11) is 2.04. The summed E-state index contributed by atoms with van der Waals surface area (Å²) in [6.45, 7) is 9.38. The zero-order chi connectivity index (χ0) is 14.8. The van der Waals surface area contributed by atoms with Gasteiger partial charge in [-0.15, -0.1) is 0 Å². The molecule has 1 atom stereocenters. The van der Waals surface area contributed by atoms with Crippen molar-refractivity contribution >= 4 is 5.97 Å². The molecule has 0 bridgehead atoms. The van der Waals surface area contributed by atoms with Crippen LogP contribution in [0, 0.1) is 11.3 Å². The Morgan fingerprint density at radius 3 is 2.21 bits per heavy atom. The van der Waals surface area contributed by atoms with Crippen molar-refractivity contribution in [2.24, 2.45) is 11.3 Å². The van der Waals surface area contributed by atoms with E-state index in [1.54, 1.807) is 0 Å². The van der Waals surface area contributed by atoms with Gasteiger partial charge in [-0.25, -0.2) is 0 Å². The molecule has 0 heterocycles. The number of carboxylic acids is 1. The first-order chi connectivity index (χ1) is 8.55. The number of nitrogens with zero attached hydrogens (tertiary/aromatic N) is 1. The van der Waals surface area contributed by atoms with Crippen LogP contribution in [0.2, 0.25) is 0 Å². The van der Waals surface area contributed by atoms with E-state index in [1.165, 1.54) is 0 Å². The minimum atomic E-state index is -0.724. The van der Waals surface area contributed by atoms with Gasteiger partial charge in [0, 0.05) is 12.6 Å². The Hall–Kier alpha value is -0.610. The van der Waals surface area contributed by atoms with Crippen LogP contribution in [0.4, 0.5) is 0 Å². The first kappa shape index (κ1) is 16.4. The van der Waals surface area contributed by atoms with Gasteiger partial charge in [0.2, 0.25) is 0 Å². The number of likely N-dealkylation sites (N-methyl/N-ethyl adjacent to an activating group) is 1. The van der Waals surface area contributed by atoms with Crippen LogP contribution in [-0.2, 0) is 4.79 Å². The topological polar surface area (TPSA) is 60.8 Å². The predicted molar refractivity (Wildman–Crippen MR) is 76.1 cm³/mol. The quantitative estimate of drug-likeness (QED) is 0.824. The third-order valence-electron chi connectivity index (χ3n) is 4.72. The first-order valence-corrected chi connectivity index (χ1v) is 7.20. The number of aliphatic carboxylic acids is 1. The van der Waals surface area contributed by atoms with E-state index >= 15 is 0 Å². The third kappa shape index (κ3) is 4.46. The average molecular weight is 271 g/mol. The summed E-state index contributed by atoms with van der Waals surface area (Å²) >= 11 is 0. The van der Waals surface area contributed by atoms with Gasteiger partial charge in [-0.3, -0.25) is 4.79 Å². The van der Waals surface area contributed by atoms with Crippen LogP contribution in [-0.4, -0.2) is 46.3 Å². The lowest BCUT2D eigenvalue weighted by Crippen LogP contribution is -2.50. The standard InChI is InChI=1S/C15H29NO3/c1-11(14(2,3)4)16(5)10-15(19)8-6-12(7-9-15)13(17)18/h11-12,19H,6-10H2,1-5H3,(H,17,18). The van der Waals surface area contributed by atoms with Crippen LogP contribution >= 0.6 is 0 Å². The average Bonchev–Trinajstić information content (AvgIpc) is 2.26. The molecular formula is C15H29NO3. The maximum atomic E-state index is 10.9. The van der Waals surface area contributed by atoms with Crippen molar-refractivity contribution in [2.75, 3.05) is 13.6 Å². The molecule has 4 heteroatoms. The van der Waals surface area contributed by atoms with E-state index in [1.807, 2.05) is 7.05 Å². The first-order valence-electron chi connectivity index (χ1n) is 7.20. The van der Waals surface area contributed by atoms with Crippen LogP contribution in [0.1, 0.15) is 53.4 Å². The van der Waals surface area contributed by atoms with Gasteiger partial charge < -0.3 is 15.1 Å². The Morgan fingerprint density at radius 2 is 1.84 bits per heavy atom. The smallest absolute Gasteiger partial charge is 0.306 e. The number of hydrogen-bond donors (Lipinski definition) is 2. The molecule has 0 aromatic heterocycles. The summed E-state index contributed by atoms with van der Waals surface area (Å²) in [5, 5.41) is 19.6. The predicted octanol–water partition coefficient (Wildman–Crippen LogP) is 2.36. The molecule has 0 spiro atoms. The Balaban J connectivity index is 2.55. The Morgan fingerprint density at radius 1 is 1.37 bits per heavy atom. The van der Waals surface area contributed by atoms with Gasteiger partial charge >= 0.3 is 5.97 Å². The lowest BCUT2D eigenvalue weighted by atomic mass is 9.78. The van der Waals surface area contributed by atoms with E-state index in [0.29, 0.717) is 38.3 Å². The second kappa shape index (κ2) is 5.80. The van der Waals surface area contributed by atoms with Crippen LogP contribution in [0.3, 0.4) is 0 Å². The van der Waals surface area contributed by atoms with Gasteiger partial charge in [0.15, 0.2) is 0 Å². The minimum absolute atomic E-state index is 0.170. The Bertz CT molecular complexity index is 314. The number of carbonyl (C=O) groups is 1. The largest absolute Gasteiger partial charge is 0.481 e. The van der Waals surface area contributed by atoms with Crippen molar-refractivity contribution in [3.63, 3.8) is 0 Å². The van der Waals surface area contributed by atoms with Gasteiger partial charge in [-0.05, 0) is 45.1 Å². The summed E-state index contributed by atoms with van der Waals surface area (Å²) in [4.78, 5) is 13.1. The summed E-state index contributed by atoms with van der Waals surface area (Å²) in [5.74, 6) is -0.996. The maximum Gasteiger partial charge on any atom is 0.306 e. The number of rotatable bonds is 4. The highest BCUT2D eigenvalue weighted by Crippen LogP contribution is 2.34. The van der Waals surface area contributed by atoms with E-state index in [-0.39, 0.29) is 11.3 Å². The fraction of sp³-hybridized carbons (Fsp3) is 0.933. The normalized spacial score (nSPS) is 30.4. The lowest BCUT2D eigenvalue weighted by molar-refractivity contribution is -0.145. The molecule has 0 radical (unpaired) electrons. The molecule has 4 nitrogen and oxygen atoms in total. The highest BCUT2D eigenvalue weighted by molar-refractivity contribution is 5.70. The lowest BCUT2D eigenvalue weighted by Gasteiger charge is -2.42. The van der Waals surface area contributed by atoms with Crippen molar-refractivity contribution in [1.29, 1.82) is 0 Å². The van der Waals surface area contributed by atoms with E-state index in [0.717, 1.165) is 0 Å². The van der Waals surface area contributed by atoms with E-state index < -0.39 is 11.6 Å². The molecule has 1 fully saturated rings. The zero-order valence-electron chi connectivity index (χ0n) is 12.9. The van der Waals surface area contributed by atoms with Crippen molar-refractivity contribution in [3.8, 4) is 0 Å². The van der Waals surface area contributed by atoms with E-state index in [2.05, 4.69) is 32.6 Å². The molecule has 112 valence electrons. The molecule has 1 unspecified atom stereocenters. The van der Waals surface area contributed by atoms with Gasteiger partial charge in [0.05, 0.1) is 11.5 Å². The van der Waals surface area contributed by atoms with E-state index in [9.17, 15) is 9.90 Å². The summed E-state index contributed by atoms with van der Waals surface area (Å²) in [5.41, 5.74) is -0.552. The van der Waals surface area contributed by atoms with Gasteiger partial charge in [0.25, 0.3) is 0 Å². The molecule has 0 aromatic carbocycles. The Labute approximate surface area is 116 Å². The fourth-order valence-corrected chi connectivity index (χ4v) is 2.82. The van der Waals surface area contributed by atoms with Crippen molar-refractivity contribution in [1.82, 2.24) is 4.90 Å². The summed E-state index contributed by atoms with van der Waals surface area (Å²) in [6.07, 6.45) is 2.35. The maximum absolute atomic E-state index is 10.9.